The van der Waals surface area contributed by atoms with Crippen LogP contribution in [-0.4, -0.2) is 11.8 Å². The van der Waals surface area contributed by atoms with Gasteiger partial charge in [0.05, 0.1) is 10.7 Å². The van der Waals surface area contributed by atoms with Crippen LogP contribution in [0.1, 0.15) is 12.5 Å². The second-order valence-electron chi connectivity index (χ2n) is 4.58. The molecule has 0 spiro atoms. The first-order chi connectivity index (χ1) is 10.6. The minimum Gasteiger partial charge on any atom is -0.322 e. The largest absolute Gasteiger partial charge is 0.322 e. The van der Waals surface area contributed by atoms with E-state index < -0.39 is 5.91 Å². The number of hydrogen-bond acceptors (Lipinski definition) is 2. The quantitative estimate of drug-likeness (QED) is 0.849. The van der Waals surface area contributed by atoms with E-state index >= 15 is 0 Å². The van der Waals surface area contributed by atoms with Crippen molar-refractivity contribution in [1.29, 1.82) is 0 Å². The molecular weight excluding hydrogens is 300 g/mol. The highest BCUT2D eigenvalue weighted by molar-refractivity contribution is 6.34. The molecule has 2 aromatic carbocycles. The van der Waals surface area contributed by atoms with E-state index in [1.54, 1.807) is 30.3 Å². The molecule has 0 unspecified atom stereocenters. The van der Waals surface area contributed by atoms with Crippen molar-refractivity contribution in [3.8, 4) is 0 Å². The van der Waals surface area contributed by atoms with Gasteiger partial charge in [0.15, 0.2) is 0 Å². The Morgan fingerprint density at radius 1 is 1.00 bits per heavy atom. The van der Waals surface area contributed by atoms with Crippen molar-refractivity contribution < 1.29 is 9.59 Å². The van der Waals surface area contributed by atoms with Gasteiger partial charge in [-0.25, -0.2) is 0 Å². The van der Waals surface area contributed by atoms with Gasteiger partial charge in [0, 0.05) is 6.92 Å². The predicted molar refractivity (Wildman–Crippen MR) is 88.3 cm³/mol. The van der Waals surface area contributed by atoms with Crippen LogP contribution in [0.3, 0.4) is 0 Å². The van der Waals surface area contributed by atoms with Gasteiger partial charge in [-0.05, 0) is 23.8 Å². The summed E-state index contributed by atoms with van der Waals surface area (Å²) in [7, 11) is 0. The number of rotatable bonds is 4. The van der Waals surface area contributed by atoms with E-state index in [-0.39, 0.29) is 11.6 Å². The zero-order valence-corrected chi connectivity index (χ0v) is 12.7. The zero-order valence-electron chi connectivity index (χ0n) is 12.0. The molecule has 0 aliphatic rings. The van der Waals surface area contributed by atoms with E-state index in [1.807, 2.05) is 30.3 Å². The highest BCUT2D eigenvalue weighted by Crippen LogP contribution is 2.21. The number of para-hydroxylation sites is 1. The van der Waals surface area contributed by atoms with Crippen LogP contribution in [0.5, 0.6) is 0 Å². The first-order valence-corrected chi connectivity index (χ1v) is 7.04. The van der Waals surface area contributed by atoms with E-state index in [2.05, 4.69) is 10.6 Å². The first-order valence-electron chi connectivity index (χ1n) is 6.66. The molecule has 0 atom stereocenters. The lowest BCUT2D eigenvalue weighted by Gasteiger charge is -2.10. The van der Waals surface area contributed by atoms with Crippen LogP contribution in [0.2, 0.25) is 5.02 Å². The Morgan fingerprint density at radius 3 is 2.27 bits per heavy atom. The molecule has 0 heterocycles. The SMILES string of the molecule is CC(=O)N/C(=C/c1ccccc1)C(=O)Nc1ccccc1Cl. The molecule has 2 N–H and O–H groups in total. The molecule has 0 fully saturated rings. The van der Waals surface area contributed by atoms with Crippen LogP contribution in [0.4, 0.5) is 5.69 Å². The van der Waals surface area contributed by atoms with Crippen LogP contribution in [0.15, 0.2) is 60.3 Å². The first kappa shape index (κ1) is 15.8. The molecule has 0 aliphatic carbocycles. The minimum atomic E-state index is -0.438. The van der Waals surface area contributed by atoms with Crippen LogP contribution >= 0.6 is 11.6 Å². The van der Waals surface area contributed by atoms with Gasteiger partial charge < -0.3 is 10.6 Å². The minimum absolute atomic E-state index is 0.151. The molecule has 0 bridgehead atoms. The second-order valence-corrected chi connectivity index (χ2v) is 4.99. The Kier molecular flexibility index (Phi) is 5.33. The van der Waals surface area contributed by atoms with Crippen molar-refractivity contribution in [3.63, 3.8) is 0 Å². The predicted octanol–water partition coefficient (Wildman–Crippen LogP) is 3.46. The second kappa shape index (κ2) is 7.43. The molecule has 22 heavy (non-hydrogen) atoms. The summed E-state index contributed by atoms with van der Waals surface area (Å²) in [6.07, 6.45) is 1.60. The molecule has 4 nitrogen and oxygen atoms in total. The Labute approximate surface area is 133 Å². The topological polar surface area (TPSA) is 58.2 Å². The smallest absolute Gasteiger partial charge is 0.272 e. The number of carbonyl (C=O) groups is 2. The summed E-state index contributed by atoms with van der Waals surface area (Å²) >= 11 is 6.02. The third kappa shape index (κ3) is 4.46. The number of carbonyl (C=O) groups excluding carboxylic acids is 2. The fourth-order valence-corrected chi connectivity index (χ4v) is 2.00. The highest BCUT2D eigenvalue weighted by Gasteiger charge is 2.12. The number of benzene rings is 2. The number of hydrogen-bond donors (Lipinski definition) is 2. The van der Waals surface area contributed by atoms with Crippen LogP contribution in [0.25, 0.3) is 6.08 Å². The van der Waals surface area contributed by atoms with Gasteiger partial charge >= 0.3 is 0 Å². The number of amides is 2. The molecule has 0 radical (unpaired) electrons. The summed E-state index contributed by atoms with van der Waals surface area (Å²) < 4.78 is 0. The summed E-state index contributed by atoms with van der Waals surface area (Å²) in [5, 5.41) is 5.65. The Hall–Kier alpha value is -2.59. The monoisotopic (exact) mass is 314 g/mol. The van der Waals surface area contributed by atoms with Crippen molar-refractivity contribution in [2.45, 2.75) is 6.92 Å². The third-order valence-electron chi connectivity index (χ3n) is 2.79. The van der Waals surface area contributed by atoms with Crippen molar-refractivity contribution in [1.82, 2.24) is 5.32 Å². The van der Waals surface area contributed by atoms with Gasteiger partial charge in [-0.1, -0.05) is 54.1 Å². The van der Waals surface area contributed by atoms with Crippen LogP contribution in [0, 0.1) is 0 Å². The van der Waals surface area contributed by atoms with E-state index in [0.29, 0.717) is 10.7 Å². The molecule has 0 saturated heterocycles. The van der Waals surface area contributed by atoms with Crippen molar-refractivity contribution in [2.75, 3.05) is 5.32 Å². The van der Waals surface area contributed by atoms with Gasteiger partial charge in [0.1, 0.15) is 5.70 Å². The number of nitrogens with one attached hydrogen (secondary N) is 2. The van der Waals surface area contributed by atoms with E-state index in [4.69, 9.17) is 11.6 Å². The number of halogens is 1. The van der Waals surface area contributed by atoms with Gasteiger partial charge in [0.2, 0.25) is 5.91 Å². The molecule has 0 aromatic heterocycles. The van der Waals surface area contributed by atoms with E-state index in [1.165, 1.54) is 6.92 Å². The maximum atomic E-state index is 12.4. The maximum Gasteiger partial charge on any atom is 0.272 e. The maximum absolute atomic E-state index is 12.4. The summed E-state index contributed by atoms with van der Waals surface area (Å²) in [5.41, 5.74) is 1.44. The molecular formula is C17H15ClN2O2. The Bertz CT molecular complexity index is 712. The van der Waals surface area contributed by atoms with Gasteiger partial charge in [-0.3, -0.25) is 9.59 Å². The van der Waals surface area contributed by atoms with Crippen LogP contribution in [-0.2, 0) is 9.59 Å². The average Bonchev–Trinajstić information content (AvgIpc) is 2.49. The highest BCUT2D eigenvalue weighted by atomic mass is 35.5. The van der Waals surface area contributed by atoms with E-state index in [9.17, 15) is 9.59 Å². The lowest BCUT2D eigenvalue weighted by atomic mass is 10.2. The molecule has 112 valence electrons. The van der Waals surface area contributed by atoms with Crippen molar-refractivity contribution >= 4 is 35.2 Å². The lowest BCUT2D eigenvalue weighted by Crippen LogP contribution is -2.29. The van der Waals surface area contributed by atoms with Gasteiger partial charge in [-0.2, -0.15) is 0 Å². The van der Waals surface area contributed by atoms with Crippen LogP contribution < -0.4 is 10.6 Å². The summed E-state index contributed by atoms with van der Waals surface area (Å²) in [6, 6.07) is 16.2. The standard InChI is InChI=1S/C17H15ClN2O2/c1-12(21)19-16(11-13-7-3-2-4-8-13)17(22)20-15-10-6-5-9-14(15)18/h2-11H,1H3,(H,19,21)(H,20,22)/b16-11+. The normalized spacial score (nSPS) is 10.9. The Balaban J connectivity index is 2.26. The molecule has 2 rings (SSSR count). The molecule has 5 heteroatoms. The average molecular weight is 315 g/mol. The van der Waals surface area contributed by atoms with E-state index in [0.717, 1.165) is 5.56 Å². The molecule has 2 amide bonds. The number of anilines is 1. The fourth-order valence-electron chi connectivity index (χ4n) is 1.82. The van der Waals surface area contributed by atoms with Crippen molar-refractivity contribution in [2.24, 2.45) is 0 Å². The molecule has 0 saturated carbocycles. The fraction of sp³-hybridized carbons (Fsp3) is 0.0588. The third-order valence-corrected chi connectivity index (χ3v) is 3.12. The van der Waals surface area contributed by atoms with Crippen molar-refractivity contribution in [3.05, 3.63) is 70.9 Å². The lowest BCUT2D eigenvalue weighted by molar-refractivity contribution is -0.120. The van der Waals surface area contributed by atoms with Gasteiger partial charge in [-0.15, -0.1) is 0 Å². The summed E-state index contributed by atoms with van der Waals surface area (Å²) in [5.74, 6) is -0.761. The zero-order chi connectivity index (χ0) is 15.9. The summed E-state index contributed by atoms with van der Waals surface area (Å²) in [4.78, 5) is 23.7. The van der Waals surface area contributed by atoms with Gasteiger partial charge in [0.25, 0.3) is 5.91 Å². The summed E-state index contributed by atoms with van der Waals surface area (Å²) in [6.45, 7) is 1.35. The Morgan fingerprint density at radius 2 is 1.64 bits per heavy atom. The molecule has 0 aliphatic heterocycles. The molecule has 2 aromatic rings.